The SMILES string of the molecule is Cc1ccc(S(=O)(=O)N2CCCc3cc(N)ccc32)cc1. The molecule has 2 aromatic rings. The molecule has 1 aliphatic heterocycles. The molecule has 0 amide bonds. The van der Waals surface area contributed by atoms with Crippen LogP contribution in [0.4, 0.5) is 11.4 Å². The van der Waals surface area contributed by atoms with Gasteiger partial charge >= 0.3 is 0 Å². The van der Waals surface area contributed by atoms with E-state index in [1.807, 2.05) is 25.1 Å². The number of rotatable bonds is 2. The summed E-state index contributed by atoms with van der Waals surface area (Å²) < 4.78 is 27.2. The molecular weight excluding hydrogens is 284 g/mol. The predicted molar refractivity (Wildman–Crippen MR) is 84.9 cm³/mol. The van der Waals surface area contributed by atoms with Crippen molar-refractivity contribution in [3.8, 4) is 0 Å². The molecule has 0 aromatic heterocycles. The molecule has 0 unspecified atom stereocenters. The van der Waals surface area contributed by atoms with Gasteiger partial charge in [-0.2, -0.15) is 0 Å². The van der Waals surface area contributed by atoms with Gasteiger partial charge in [-0.1, -0.05) is 17.7 Å². The summed E-state index contributed by atoms with van der Waals surface area (Å²) in [4.78, 5) is 0.331. The predicted octanol–water partition coefficient (Wildman–Crippen LogP) is 2.72. The van der Waals surface area contributed by atoms with Crippen LogP contribution in [0.5, 0.6) is 0 Å². The minimum Gasteiger partial charge on any atom is -0.399 e. The topological polar surface area (TPSA) is 63.4 Å². The number of aryl methyl sites for hydroxylation is 2. The summed E-state index contributed by atoms with van der Waals surface area (Å²) in [5, 5.41) is 0. The van der Waals surface area contributed by atoms with E-state index < -0.39 is 10.0 Å². The standard InChI is InChI=1S/C16H18N2O2S/c1-12-4-7-15(8-5-12)21(19,20)18-10-2-3-13-11-14(17)6-9-16(13)18/h4-9,11H,2-3,10,17H2,1H3. The molecule has 0 atom stereocenters. The lowest BCUT2D eigenvalue weighted by Gasteiger charge is -2.30. The summed E-state index contributed by atoms with van der Waals surface area (Å²) in [6, 6.07) is 12.4. The molecule has 3 rings (SSSR count). The van der Waals surface area contributed by atoms with Crippen molar-refractivity contribution in [3.05, 3.63) is 53.6 Å². The number of hydrogen-bond donors (Lipinski definition) is 1. The first-order valence-corrected chi connectivity index (χ1v) is 8.40. The van der Waals surface area contributed by atoms with Gasteiger partial charge in [0.05, 0.1) is 10.6 Å². The Morgan fingerprint density at radius 1 is 1.10 bits per heavy atom. The lowest BCUT2D eigenvalue weighted by molar-refractivity contribution is 0.586. The van der Waals surface area contributed by atoms with E-state index in [1.165, 1.54) is 4.31 Å². The maximum Gasteiger partial charge on any atom is 0.264 e. The molecule has 0 saturated carbocycles. The highest BCUT2D eigenvalue weighted by molar-refractivity contribution is 7.92. The van der Waals surface area contributed by atoms with Crippen molar-refractivity contribution in [2.24, 2.45) is 0 Å². The molecule has 1 heterocycles. The number of benzene rings is 2. The molecule has 2 N–H and O–H groups in total. The summed E-state index contributed by atoms with van der Waals surface area (Å²) >= 11 is 0. The van der Waals surface area contributed by atoms with Gasteiger partial charge in [-0.05, 0) is 55.7 Å². The highest BCUT2D eigenvalue weighted by Crippen LogP contribution is 2.33. The van der Waals surface area contributed by atoms with Gasteiger partial charge in [0.2, 0.25) is 0 Å². The Kier molecular flexibility index (Phi) is 3.37. The molecule has 4 nitrogen and oxygen atoms in total. The maximum absolute atomic E-state index is 12.8. The Morgan fingerprint density at radius 3 is 2.52 bits per heavy atom. The molecule has 110 valence electrons. The molecule has 21 heavy (non-hydrogen) atoms. The summed E-state index contributed by atoms with van der Waals surface area (Å²) in [5.41, 5.74) is 9.25. The first kappa shape index (κ1) is 13.9. The first-order valence-electron chi connectivity index (χ1n) is 6.96. The normalized spacial score (nSPS) is 14.8. The summed E-state index contributed by atoms with van der Waals surface area (Å²) in [5.74, 6) is 0. The number of sulfonamides is 1. The second kappa shape index (κ2) is 5.07. The van der Waals surface area contributed by atoms with Gasteiger partial charge in [0.15, 0.2) is 0 Å². The molecule has 0 radical (unpaired) electrons. The Balaban J connectivity index is 2.07. The second-order valence-electron chi connectivity index (χ2n) is 5.38. The fourth-order valence-electron chi connectivity index (χ4n) is 2.67. The Bertz CT molecular complexity index is 767. The fourth-order valence-corrected chi connectivity index (χ4v) is 4.21. The van der Waals surface area contributed by atoms with Gasteiger partial charge in [0, 0.05) is 12.2 Å². The van der Waals surface area contributed by atoms with Gasteiger partial charge in [-0.25, -0.2) is 8.42 Å². The van der Waals surface area contributed by atoms with Crippen LogP contribution in [0.2, 0.25) is 0 Å². The monoisotopic (exact) mass is 302 g/mol. The number of nitrogens with zero attached hydrogens (tertiary/aromatic N) is 1. The number of hydrogen-bond acceptors (Lipinski definition) is 3. The smallest absolute Gasteiger partial charge is 0.264 e. The van der Waals surface area contributed by atoms with E-state index in [4.69, 9.17) is 5.73 Å². The highest BCUT2D eigenvalue weighted by Gasteiger charge is 2.28. The number of fused-ring (bicyclic) bond motifs is 1. The highest BCUT2D eigenvalue weighted by atomic mass is 32.2. The molecule has 0 spiro atoms. The van der Waals surface area contributed by atoms with E-state index in [-0.39, 0.29) is 0 Å². The molecule has 2 aromatic carbocycles. The van der Waals surface area contributed by atoms with E-state index >= 15 is 0 Å². The molecule has 0 saturated heterocycles. The van der Waals surface area contributed by atoms with E-state index in [2.05, 4.69) is 0 Å². The largest absolute Gasteiger partial charge is 0.399 e. The summed E-state index contributed by atoms with van der Waals surface area (Å²) in [7, 11) is -3.51. The van der Waals surface area contributed by atoms with Crippen LogP contribution in [0.3, 0.4) is 0 Å². The van der Waals surface area contributed by atoms with E-state index in [0.29, 0.717) is 17.1 Å². The van der Waals surface area contributed by atoms with Crippen molar-refractivity contribution in [1.82, 2.24) is 0 Å². The third-order valence-electron chi connectivity index (χ3n) is 3.79. The molecule has 5 heteroatoms. The van der Waals surface area contributed by atoms with Crippen LogP contribution in [-0.2, 0) is 16.4 Å². The average Bonchev–Trinajstić information content (AvgIpc) is 2.46. The maximum atomic E-state index is 12.8. The lowest BCUT2D eigenvalue weighted by atomic mass is 10.0. The molecule has 0 bridgehead atoms. The van der Waals surface area contributed by atoms with Gasteiger partial charge in [-0.15, -0.1) is 0 Å². The zero-order chi connectivity index (χ0) is 15.0. The van der Waals surface area contributed by atoms with Crippen LogP contribution < -0.4 is 10.0 Å². The quantitative estimate of drug-likeness (QED) is 0.868. The molecule has 0 fully saturated rings. The van der Waals surface area contributed by atoms with Crippen LogP contribution in [0.15, 0.2) is 47.4 Å². The molecule has 0 aliphatic carbocycles. The van der Waals surface area contributed by atoms with Gasteiger partial charge < -0.3 is 5.73 Å². The average molecular weight is 302 g/mol. The molecular formula is C16H18N2O2S. The molecule has 1 aliphatic rings. The zero-order valence-corrected chi connectivity index (χ0v) is 12.7. The van der Waals surface area contributed by atoms with Crippen LogP contribution in [-0.4, -0.2) is 15.0 Å². The first-order chi connectivity index (χ1) is 9.98. The van der Waals surface area contributed by atoms with Crippen LogP contribution in [0, 0.1) is 6.92 Å². The van der Waals surface area contributed by atoms with Gasteiger partial charge in [-0.3, -0.25) is 4.31 Å². The minimum atomic E-state index is -3.51. The third kappa shape index (κ3) is 2.49. The van der Waals surface area contributed by atoms with E-state index in [1.54, 1.807) is 24.3 Å². The zero-order valence-electron chi connectivity index (χ0n) is 11.9. The van der Waals surface area contributed by atoms with E-state index in [9.17, 15) is 8.42 Å². The number of nitrogens with two attached hydrogens (primary N) is 1. The van der Waals surface area contributed by atoms with Crippen molar-refractivity contribution < 1.29 is 8.42 Å². The third-order valence-corrected chi connectivity index (χ3v) is 5.62. The van der Waals surface area contributed by atoms with Crippen LogP contribution >= 0.6 is 0 Å². The second-order valence-corrected chi connectivity index (χ2v) is 7.24. The number of anilines is 2. The Morgan fingerprint density at radius 2 is 1.81 bits per heavy atom. The van der Waals surface area contributed by atoms with Crippen molar-refractivity contribution >= 4 is 21.4 Å². The van der Waals surface area contributed by atoms with Crippen molar-refractivity contribution in [3.63, 3.8) is 0 Å². The van der Waals surface area contributed by atoms with Gasteiger partial charge in [0.25, 0.3) is 10.0 Å². The van der Waals surface area contributed by atoms with Crippen molar-refractivity contribution in [2.45, 2.75) is 24.7 Å². The van der Waals surface area contributed by atoms with Crippen molar-refractivity contribution in [1.29, 1.82) is 0 Å². The Labute approximate surface area is 125 Å². The Hall–Kier alpha value is -2.01. The number of nitrogen functional groups attached to an aromatic ring is 1. The summed E-state index contributed by atoms with van der Waals surface area (Å²) in [6.45, 7) is 2.45. The van der Waals surface area contributed by atoms with Crippen LogP contribution in [0.1, 0.15) is 17.5 Å². The van der Waals surface area contributed by atoms with E-state index in [0.717, 1.165) is 29.7 Å². The lowest BCUT2D eigenvalue weighted by Crippen LogP contribution is -2.35. The van der Waals surface area contributed by atoms with Crippen molar-refractivity contribution in [2.75, 3.05) is 16.6 Å². The fraction of sp³-hybridized carbons (Fsp3) is 0.250. The summed E-state index contributed by atoms with van der Waals surface area (Å²) in [6.07, 6.45) is 1.67. The van der Waals surface area contributed by atoms with Gasteiger partial charge in [0.1, 0.15) is 0 Å². The minimum absolute atomic E-state index is 0.331. The van der Waals surface area contributed by atoms with Crippen LogP contribution in [0.25, 0.3) is 0 Å².